The van der Waals surface area contributed by atoms with E-state index in [0.717, 1.165) is 17.0 Å². The molecule has 1 saturated carbocycles. The molecule has 2 atom stereocenters. The van der Waals surface area contributed by atoms with Crippen LogP contribution in [0.5, 0.6) is 0 Å². The predicted molar refractivity (Wildman–Crippen MR) is 51.7 cm³/mol. The van der Waals surface area contributed by atoms with Crippen molar-refractivity contribution in [3.05, 3.63) is 0 Å². The van der Waals surface area contributed by atoms with Crippen LogP contribution in [0.3, 0.4) is 0 Å². The third kappa shape index (κ3) is 2.38. The Balaban J connectivity index is 2.14. The Kier molecular flexibility index (Phi) is 3.99. The molecule has 10 heavy (non-hydrogen) atoms. The first kappa shape index (κ1) is 8.78. The van der Waals surface area contributed by atoms with Gasteiger partial charge in [-0.25, -0.2) is 0 Å². The van der Waals surface area contributed by atoms with Crippen LogP contribution in [0.15, 0.2) is 0 Å². The van der Waals surface area contributed by atoms with Crippen molar-refractivity contribution >= 4 is 22.6 Å². The van der Waals surface area contributed by atoms with Gasteiger partial charge in [-0.1, -0.05) is 29.5 Å². The van der Waals surface area contributed by atoms with Crippen LogP contribution in [-0.2, 0) is 4.74 Å². The normalized spacial score (nSPS) is 33.0. The number of alkyl halides is 1. The van der Waals surface area contributed by atoms with Crippen molar-refractivity contribution in [1.82, 2.24) is 0 Å². The van der Waals surface area contributed by atoms with E-state index in [1.807, 2.05) is 0 Å². The Hall–Kier alpha value is 0.690. The van der Waals surface area contributed by atoms with Crippen LogP contribution in [0.1, 0.15) is 32.6 Å². The summed E-state index contributed by atoms with van der Waals surface area (Å²) in [5, 5.41) is 0. The summed E-state index contributed by atoms with van der Waals surface area (Å²) in [6, 6.07) is 0. The molecule has 0 aromatic heterocycles. The highest BCUT2D eigenvalue weighted by Crippen LogP contribution is 2.28. The van der Waals surface area contributed by atoms with Gasteiger partial charge in [0.1, 0.15) is 0 Å². The molecule has 0 aromatic rings. The van der Waals surface area contributed by atoms with Crippen molar-refractivity contribution in [2.75, 3.05) is 6.61 Å². The summed E-state index contributed by atoms with van der Waals surface area (Å²) in [5.74, 6) is 0. The molecule has 1 fully saturated rings. The molecule has 0 aliphatic heterocycles. The van der Waals surface area contributed by atoms with Crippen molar-refractivity contribution < 1.29 is 4.74 Å². The smallest absolute Gasteiger partial charge is 0.0692 e. The second-order valence-corrected chi connectivity index (χ2v) is 4.46. The fourth-order valence-corrected chi connectivity index (χ4v) is 2.35. The number of hydrogen-bond donors (Lipinski definition) is 0. The molecule has 0 N–H and O–H groups in total. The molecule has 2 heteroatoms. The topological polar surface area (TPSA) is 9.23 Å². The minimum absolute atomic E-state index is 0.570. The molecular weight excluding hydrogens is 239 g/mol. The standard InChI is InChI=1S/C8H15IO/c1-2-6-10-8-5-3-4-7(8)9/h7-8H,2-6H2,1H3. The van der Waals surface area contributed by atoms with Crippen molar-refractivity contribution in [3.63, 3.8) is 0 Å². The van der Waals surface area contributed by atoms with Crippen LogP contribution in [-0.4, -0.2) is 16.6 Å². The monoisotopic (exact) mass is 254 g/mol. The first-order valence-electron chi connectivity index (χ1n) is 4.10. The predicted octanol–water partition coefficient (Wildman–Crippen LogP) is 2.77. The zero-order chi connectivity index (χ0) is 7.40. The van der Waals surface area contributed by atoms with Crippen LogP contribution in [0, 0.1) is 0 Å². The van der Waals surface area contributed by atoms with E-state index in [9.17, 15) is 0 Å². The zero-order valence-corrected chi connectivity index (χ0v) is 8.63. The van der Waals surface area contributed by atoms with Gasteiger partial charge in [-0.2, -0.15) is 0 Å². The van der Waals surface area contributed by atoms with Crippen LogP contribution < -0.4 is 0 Å². The summed E-state index contributed by atoms with van der Waals surface area (Å²) in [4.78, 5) is 0. The maximum atomic E-state index is 5.66. The molecule has 1 rings (SSSR count). The summed E-state index contributed by atoms with van der Waals surface area (Å²) in [5.41, 5.74) is 0. The lowest BCUT2D eigenvalue weighted by Gasteiger charge is -2.13. The van der Waals surface area contributed by atoms with Gasteiger partial charge in [-0.15, -0.1) is 0 Å². The van der Waals surface area contributed by atoms with Gasteiger partial charge >= 0.3 is 0 Å². The molecule has 0 heterocycles. The summed E-state index contributed by atoms with van der Waals surface area (Å²) in [6.45, 7) is 3.11. The molecule has 0 saturated heterocycles. The maximum Gasteiger partial charge on any atom is 0.0692 e. The van der Waals surface area contributed by atoms with Gasteiger partial charge in [-0.05, 0) is 25.7 Å². The molecule has 1 aliphatic rings. The lowest BCUT2D eigenvalue weighted by atomic mass is 10.3. The highest BCUT2D eigenvalue weighted by molar-refractivity contribution is 14.1. The number of hydrogen-bond acceptors (Lipinski definition) is 1. The SMILES string of the molecule is CCCOC1CCCC1I. The molecule has 60 valence electrons. The first-order valence-corrected chi connectivity index (χ1v) is 5.35. The highest BCUT2D eigenvalue weighted by Gasteiger charge is 2.24. The van der Waals surface area contributed by atoms with Gasteiger partial charge in [0.15, 0.2) is 0 Å². The van der Waals surface area contributed by atoms with Crippen LogP contribution in [0.4, 0.5) is 0 Å². The van der Waals surface area contributed by atoms with E-state index in [0.29, 0.717) is 6.10 Å². The van der Waals surface area contributed by atoms with Gasteiger partial charge in [0.2, 0.25) is 0 Å². The molecule has 2 unspecified atom stereocenters. The number of rotatable bonds is 3. The quantitative estimate of drug-likeness (QED) is 0.555. The van der Waals surface area contributed by atoms with E-state index in [4.69, 9.17) is 4.74 Å². The third-order valence-corrected chi connectivity index (χ3v) is 3.33. The van der Waals surface area contributed by atoms with E-state index < -0.39 is 0 Å². The van der Waals surface area contributed by atoms with Crippen molar-refractivity contribution in [1.29, 1.82) is 0 Å². The molecule has 1 nitrogen and oxygen atoms in total. The number of halogens is 1. The molecule has 0 amide bonds. The Labute approximate surface area is 76.7 Å². The van der Waals surface area contributed by atoms with Crippen LogP contribution in [0.25, 0.3) is 0 Å². The summed E-state index contributed by atoms with van der Waals surface area (Å²) in [6.07, 6.45) is 5.73. The maximum absolute atomic E-state index is 5.66. The van der Waals surface area contributed by atoms with Crippen molar-refractivity contribution in [3.8, 4) is 0 Å². The van der Waals surface area contributed by atoms with E-state index >= 15 is 0 Å². The second-order valence-electron chi connectivity index (χ2n) is 2.86. The Bertz CT molecular complexity index is 95.3. The summed E-state index contributed by atoms with van der Waals surface area (Å²) in [7, 11) is 0. The van der Waals surface area contributed by atoms with Gasteiger partial charge in [0, 0.05) is 10.5 Å². The van der Waals surface area contributed by atoms with E-state index in [1.165, 1.54) is 19.3 Å². The second kappa shape index (κ2) is 4.54. The minimum Gasteiger partial charge on any atom is -0.377 e. The van der Waals surface area contributed by atoms with E-state index in [2.05, 4.69) is 29.5 Å². The largest absolute Gasteiger partial charge is 0.377 e. The molecule has 0 bridgehead atoms. The molecule has 0 spiro atoms. The minimum atomic E-state index is 0.570. The molecule has 0 radical (unpaired) electrons. The first-order chi connectivity index (χ1) is 4.84. The van der Waals surface area contributed by atoms with E-state index in [1.54, 1.807) is 0 Å². The lowest BCUT2D eigenvalue weighted by molar-refractivity contribution is 0.0647. The molecule has 0 aromatic carbocycles. The van der Waals surface area contributed by atoms with Gasteiger partial charge in [0.25, 0.3) is 0 Å². The van der Waals surface area contributed by atoms with Crippen LogP contribution in [0.2, 0.25) is 0 Å². The average Bonchev–Trinajstić information content (AvgIpc) is 2.31. The highest BCUT2D eigenvalue weighted by atomic mass is 127. The molecule has 1 aliphatic carbocycles. The Morgan fingerprint density at radius 2 is 2.30 bits per heavy atom. The average molecular weight is 254 g/mol. The lowest BCUT2D eigenvalue weighted by Crippen LogP contribution is -2.17. The summed E-state index contributed by atoms with van der Waals surface area (Å²) < 4.78 is 6.44. The van der Waals surface area contributed by atoms with Gasteiger partial charge in [0.05, 0.1) is 6.10 Å². The van der Waals surface area contributed by atoms with Crippen molar-refractivity contribution in [2.24, 2.45) is 0 Å². The zero-order valence-electron chi connectivity index (χ0n) is 6.48. The van der Waals surface area contributed by atoms with E-state index in [-0.39, 0.29) is 0 Å². The Morgan fingerprint density at radius 1 is 1.50 bits per heavy atom. The van der Waals surface area contributed by atoms with Crippen LogP contribution >= 0.6 is 22.6 Å². The fourth-order valence-electron chi connectivity index (χ4n) is 1.34. The van der Waals surface area contributed by atoms with Gasteiger partial charge < -0.3 is 4.74 Å². The Morgan fingerprint density at radius 3 is 2.80 bits per heavy atom. The fraction of sp³-hybridized carbons (Fsp3) is 1.00. The number of ether oxygens (including phenoxy) is 1. The molecular formula is C8H15IO. The third-order valence-electron chi connectivity index (χ3n) is 1.91. The van der Waals surface area contributed by atoms with Crippen molar-refractivity contribution in [2.45, 2.75) is 42.6 Å². The summed E-state index contributed by atoms with van der Waals surface area (Å²) >= 11 is 2.51. The van der Waals surface area contributed by atoms with Gasteiger partial charge in [-0.3, -0.25) is 0 Å².